The minimum atomic E-state index is 0.479. The molecule has 3 rings (SSSR count). The van der Waals surface area contributed by atoms with Crippen molar-refractivity contribution in [3.63, 3.8) is 0 Å². The highest BCUT2D eigenvalue weighted by Crippen LogP contribution is 2.28. The highest BCUT2D eigenvalue weighted by Gasteiger charge is 2.18. The first-order valence-corrected chi connectivity index (χ1v) is 6.72. The first kappa shape index (κ1) is 12.2. The zero-order valence-electron chi connectivity index (χ0n) is 11.0. The van der Waals surface area contributed by atoms with Crippen LogP contribution in [0.15, 0.2) is 22.7 Å². The summed E-state index contributed by atoms with van der Waals surface area (Å²) in [5.41, 5.74) is 10.9. The Morgan fingerprint density at radius 2 is 2.00 bits per heavy atom. The second-order valence-electron chi connectivity index (χ2n) is 4.62. The standard InChI is InChI=1S/C13H14BrN5/c1-7-4-5-9(14)6-10(7)19-12-11(16-13(19)15)8(2)17-18(12)3/h4-6H,1-3H3,(H2,15,16). The predicted octanol–water partition coefficient (Wildman–Crippen LogP) is 2.72. The Hall–Kier alpha value is -1.82. The summed E-state index contributed by atoms with van der Waals surface area (Å²) in [6.07, 6.45) is 0. The minimum absolute atomic E-state index is 0.479. The lowest BCUT2D eigenvalue weighted by Gasteiger charge is -2.10. The van der Waals surface area contributed by atoms with Gasteiger partial charge in [-0.05, 0) is 31.5 Å². The highest BCUT2D eigenvalue weighted by molar-refractivity contribution is 9.10. The van der Waals surface area contributed by atoms with Crippen molar-refractivity contribution in [3.8, 4) is 5.69 Å². The van der Waals surface area contributed by atoms with E-state index in [1.807, 2.05) is 41.4 Å². The number of benzene rings is 1. The molecule has 0 spiro atoms. The molecule has 0 bridgehead atoms. The summed E-state index contributed by atoms with van der Waals surface area (Å²) in [5, 5.41) is 4.40. The van der Waals surface area contributed by atoms with Crippen LogP contribution in [-0.2, 0) is 7.05 Å². The lowest BCUT2D eigenvalue weighted by Crippen LogP contribution is -2.06. The largest absolute Gasteiger partial charge is 0.369 e. The first-order chi connectivity index (χ1) is 8.99. The molecule has 2 aromatic heterocycles. The molecule has 0 radical (unpaired) electrons. The normalized spacial score (nSPS) is 11.4. The van der Waals surface area contributed by atoms with Gasteiger partial charge in [0.05, 0.1) is 11.4 Å². The number of nitrogens with two attached hydrogens (primary N) is 1. The third-order valence-electron chi connectivity index (χ3n) is 3.24. The van der Waals surface area contributed by atoms with Crippen molar-refractivity contribution >= 4 is 33.0 Å². The molecule has 19 heavy (non-hydrogen) atoms. The van der Waals surface area contributed by atoms with Gasteiger partial charge in [-0.1, -0.05) is 22.0 Å². The predicted molar refractivity (Wildman–Crippen MR) is 79.4 cm³/mol. The molecule has 2 heterocycles. The van der Waals surface area contributed by atoms with E-state index in [0.717, 1.165) is 32.6 Å². The maximum absolute atomic E-state index is 6.08. The molecule has 6 heteroatoms. The molecule has 2 N–H and O–H groups in total. The average Bonchev–Trinajstić information content (AvgIpc) is 2.81. The molecule has 1 aromatic carbocycles. The molecule has 0 amide bonds. The smallest absolute Gasteiger partial charge is 0.207 e. The molecule has 0 aliphatic heterocycles. The van der Waals surface area contributed by atoms with Gasteiger partial charge < -0.3 is 5.73 Å². The van der Waals surface area contributed by atoms with Gasteiger partial charge in [0.15, 0.2) is 5.65 Å². The third-order valence-corrected chi connectivity index (χ3v) is 3.73. The van der Waals surface area contributed by atoms with Crippen LogP contribution in [-0.4, -0.2) is 19.3 Å². The van der Waals surface area contributed by atoms with E-state index >= 15 is 0 Å². The molecule has 0 atom stereocenters. The molecule has 0 fully saturated rings. The Kier molecular flexibility index (Phi) is 2.63. The number of nitrogen functional groups attached to an aromatic ring is 1. The number of halogens is 1. The van der Waals surface area contributed by atoms with Gasteiger partial charge in [-0.2, -0.15) is 5.10 Å². The van der Waals surface area contributed by atoms with Crippen LogP contribution in [0.3, 0.4) is 0 Å². The number of aryl methyl sites for hydroxylation is 3. The van der Waals surface area contributed by atoms with E-state index in [1.165, 1.54) is 0 Å². The number of rotatable bonds is 1. The van der Waals surface area contributed by atoms with Crippen LogP contribution in [0.25, 0.3) is 16.9 Å². The van der Waals surface area contributed by atoms with Gasteiger partial charge in [0.1, 0.15) is 5.52 Å². The molecule has 0 aliphatic carbocycles. The van der Waals surface area contributed by atoms with Crippen molar-refractivity contribution in [2.24, 2.45) is 7.05 Å². The van der Waals surface area contributed by atoms with Gasteiger partial charge in [0.2, 0.25) is 5.95 Å². The molecule has 5 nitrogen and oxygen atoms in total. The van der Waals surface area contributed by atoms with Crippen molar-refractivity contribution in [3.05, 3.63) is 33.9 Å². The summed E-state index contributed by atoms with van der Waals surface area (Å²) in [4.78, 5) is 4.42. The fourth-order valence-corrected chi connectivity index (χ4v) is 2.70. The zero-order valence-corrected chi connectivity index (χ0v) is 12.6. The first-order valence-electron chi connectivity index (χ1n) is 5.93. The Morgan fingerprint density at radius 3 is 2.74 bits per heavy atom. The number of hydrogen-bond acceptors (Lipinski definition) is 3. The molecule has 0 saturated carbocycles. The summed E-state index contributed by atoms with van der Waals surface area (Å²) < 4.78 is 4.76. The summed E-state index contributed by atoms with van der Waals surface area (Å²) in [6.45, 7) is 3.99. The second kappa shape index (κ2) is 4.09. The number of fused-ring (bicyclic) bond motifs is 1. The number of imidazole rings is 1. The Balaban J connectivity index is 2.42. The Labute approximate surface area is 119 Å². The van der Waals surface area contributed by atoms with Crippen LogP contribution in [0.5, 0.6) is 0 Å². The van der Waals surface area contributed by atoms with Gasteiger partial charge in [-0.3, -0.25) is 4.57 Å². The lowest BCUT2D eigenvalue weighted by molar-refractivity contribution is 0.762. The fourth-order valence-electron chi connectivity index (χ4n) is 2.35. The van der Waals surface area contributed by atoms with Gasteiger partial charge in [0, 0.05) is 11.5 Å². The van der Waals surface area contributed by atoms with Gasteiger partial charge in [-0.15, -0.1) is 0 Å². The van der Waals surface area contributed by atoms with Crippen molar-refractivity contribution < 1.29 is 0 Å². The van der Waals surface area contributed by atoms with E-state index in [4.69, 9.17) is 5.73 Å². The number of anilines is 1. The van der Waals surface area contributed by atoms with Crippen LogP contribution in [0.4, 0.5) is 5.95 Å². The molecule has 98 valence electrons. The Bertz CT molecular complexity index is 784. The van der Waals surface area contributed by atoms with Crippen molar-refractivity contribution in [2.75, 3.05) is 5.73 Å². The molecule has 3 aromatic rings. The van der Waals surface area contributed by atoms with Crippen LogP contribution in [0.1, 0.15) is 11.3 Å². The zero-order chi connectivity index (χ0) is 13.7. The summed E-state index contributed by atoms with van der Waals surface area (Å²) >= 11 is 3.50. The van der Waals surface area contributed by atoms with Crippen molar-refractivity contribution in [1.82, 2.24) is 19.3 Å². The number of aromatic nitrogens is 4. The maximum atomic E-state index is 6.08. The van der Waals surface area contributed by atoms with E-state index in [1.54, 1.807) is 0 Å². The molecular weight excluding hydrogens is 306 g/mol. The quantitative estimate of drug-likeness (QED) is 0.750. The second-order valence-corrected chi connectivity index (χ2v) is 5.53. The monoisotopic (exact) mass is 319 g/mol. The van der Waals surface area contributed by atoms with Crippen LogP contribution in [0.2, 0.25) is 0 Å². The highest BCUT2D eigenvalue weighted by atomic mass is 79.9. The van der Waals surface area contributed by atoms with Crippen molar-refractivity contribution in [1.29, 1.82) is 0 Å². The van der Waals surface area contributed by atoms with Crippen LogP contribution in [0, 0.1) is 13.8 Å². The van der Waals surface area contributed by atoms with Gasteiger partial charge in [-0.25, -0.2) is 9.67 Å². The van der Waals surface area contributed by atoms with Gasteiger partial charge >= 0.3 is 0 Å². The SMILES string of the molecule is Cc1ccc(Br)cc1-n1c(N)nc2c(C)nn(C)c21. The Morgan fingerprint density at radius 1 is 1.26 bits per heavy atom. The minimum Gasteiger partial charge on any atom is -0.369 e. The van der Waals surface area contributed by atoms with E-state index < -0.39 is 0 Å². The van der Waals surface area contributed by atoms with E-state index in [-0.39, 0.29) is 0 Å². The van der Waals surface area contributed by atoms with E-state index in [2.05, 4.69) is 32.9 Å². The van der Waals surface area contributed by atoms with E-state index in [0.29, 0.717) is 5.95 Å². The van der Waals surface area contributed by atoms with Crippen LogP contribution >= 0.6 is 15.9 Å². The maximum Gasteiger partial charge on any atom is 0.207 e. The fraction of sp³-hybridized carbons (Fsp3) is 0.231. The summed E-state index contributed by atoms with van der Waals surface area (Å²) in [5.74, 6) is 0.479. The van der Waals surface area contributed by atoms with Gasteiger partial charge in [0.25, 0.3) is 0 Å². The summed E-state index contributed by atoms with van der Waals surface area (Å²) in [7, 11) is 1.90. The summed E-state index contributed by atoms with van der Waals surface area (Å²) in [6, 6.07) is 6.10. The van der Waals surface area contributed by atoms with E-state index in [9.17, 15) is 0 Å². The molecule has 0 aliphatic rings. The molecular formula is C13H14BrN5. The van der Waals surface area contributed by atoms with Crippen LogP contribution < -0.4 is 5.73 Å². The number of nitrogens with zero attached hydrogens (tertiary/aromatic N) is 4. The third kappa shape index (κ3) is 1.74. The lowest BCUT2D eigenvalue weighted by atomic mass is 10.2. The average molecular weight is 320 g/mol. The van der Waals surface area contributed by atoms with Crippen molar-refractivity contribution in [2.45, 2.75) is 13.8 Å². The molecule has 0 unspecified atom stereocenters. The topological polar surface area (TPSA) is 61.7 Å². The number of hydrogen-bond donors (Lipinski definition) is 1. The molecule has 0 saturated heterocycles.